The summed E-state index contributed by atoms with van der Waals surface area (Å²) in [7, 11) is 0. The molecule has 0 bridgehead atoms. The Hall–Kier alpha value is -1.22. The molecule has 0 aliphatic rings. The van der Waals surface area contributed by atoms with E-state index in [0.717, 1.165) is 24.2 Å². The molecule has 0 saturated heterocycles. The van der Waals surface area contributed by atoms with Gasteiger partial charge in [0.05, 0.1) is 11.4 Å². The second-order valence-electron chi connectivity index (χ2n) is 4.26. The zero-order chi connectivity index (χ0) is 13.0. The number of hydrazine groups is 1. The maximum Gasteiger partial charge on any atom is 0.0576 e. The summed E-state index contributed by atoms with van der Waals surface area (Å²) in [6, 6.07) is 15.8. The highest BCUT2D eigenvalue weighted by atomic mass is 35.5. The summed E-state index contributed by atoms with van der Waals surface area (Å²) in [4.78, 5) is 0. The molecule has 0 aliphatic heterocycles. The summed E-state index contributed by atoms with van der Waals surface area (Å²) >= 11 is 5.86. The highest BCUT2D eigenvalue weighted by Crippen LogP contribution is 2.23. The molecule has 0 spiro atoms. The first kappa shape index (κ1) is 15.8. The largest absolute Gasteiger partial charge is 0.280 e. The monoisotopic (exact) mass is 296 g/mol. The van der Waals surface area contributed by atoms with Gasteiger partial charge in [0, 0.05) is 5.02 Å². The molecule has 0 unspecified atom stereocenters. The van der Waals surface area contributed by atoms with E-state index in [9.17, 15) is 0 Å². The number of nitrogens with two attached hydrogens (primary N) is 1. The number of halogens is 2. The lowest BCUT2D eigenvalue weighted by atomic mass is 10.1. The molecule has 2 aromatic rings. The van der Waals surface area contributed by atoms with Gasteiger partial charge in [-0.3, -0.25) is 5.01 Å². The van der Waals surface area contributed by atoms with E-state index in [2.05, 4.69) is 19.1 Å². The van der Waals surface area contributed by atoms with Crippen molar-refractivity contribution in [2.45, 2.75) is 19.8 Å². The molecule has 2 aromatic carbocycles. The van der Waals surface area contributed by atoms with Gasteiger partial charge >= 0.3 is 0 Å². The lowest BCUT2D eigenvalue weighted by Crippen LogP contribution is -2.24. The molecule has 0 atom stereocenters. The van der Waals surface area contributed by atoms with Crippen molar-refractivity contribution in [3.05, 3.63) is 59.1 Å². The van der Waals surface area contributed by atoms with Crippen LogP contribution in [0.15, 0.2) is 48.5 Å². The third-order valence-electron chi connectivity index (χ3n) is 2.86. The maximum atomic E-state index is 6.08. The number of hydrogen-bond donors (Lipinski definition) is 1. The van der Waals surface area contributed by atoms with Crippen LogP contribution in [-0.4, -0.2) is 0 Å². The van der Waals surface area contributed by atoms with Gasteiger partial charge in [0.25, 0.3) is 0 Å². The van der Waals surface area contributed by atoms with Crippen molar-refractivity contribution in [2.24, 2.45) is 5.84 Å². The van der Waals surface area contributed by atoms with Crippen molar-refractivity contribution in [1.82, 2.24) is 0 Å². The van der Waals surface area contributed by atoms with E-state index in [1.807, 2.05) is 36.4 Å². The van der Waals surface area contributed by atoms with E-state index in [-0.39, 0.29) is 12.4 Å². The first-order chi connectivity index (χ1) is 8.70. The fourth-order valence-corrected chi connectivity index (χ4v) is 1.99. The van der Waals surface area contributed by atoms with Gasteiger partial charge in [-0.2, -0.15) is 0 Å². The van der Waals surface area contributed by atoms with Crippen molar-refractivity contribution < 1.29 is 0 Å². The van der Waals surface area contributed by atoms with Crippen LogP contribution in [0.4, 0.5) is 11.4 Å². The molecule has 4 heteroatoms. The van der Waals surface area contributed by atoms with Crippen LogP contribution in [0.5, 0.6) is 0 Å². The zero-order valence-corrected chi connectivity index (χ0v) is 12.4. The standard InChI is InChI=1S/C15H17ClN2.ClH/c1-2-3-12-4-8-14(9-5-12)18(17)15-10-6-13(16)7-11-15;/h4-11H,2-3,17H2,1H3;1H. The number of nitrogens with zero attached hydrogens (tertiary/aromatic N) is 1. The topological polar surface area (TPSA) is 29.3 Å². The Morgan fingerprint density at radius 1 is 0.947 bits per heavy atom. The molecule has 2 rings (SSSR count). The lowest BCUT2D eigenvalue weighted by molar-refractivity contribution is 0.921. The first-order valence-electron chi connectivity index (χ1n) is 6.10. The van der Waals surface area contributed by atoms with Gasteiger partial charge < -0.3 is 0 Å². The highest BCUT2D eigenvalue weighted by molar-refractivity contribution is 6.30. The van der Waals surface area contributed by atoms with Crippen molar-refractivity contribution in [3.8, 4) is 0 Å². The average molecular weight is 297 g/mol. The number of aryl methyl sites for hydroxylation is 1. The molecule has 0 amide bonds. The van der Waals surface area contributed by atoms with Gasteiger partial charge in [0.2, 0.25) is 0 Å². The molecule has 2 N–H and O–H groups in total. The number of benzene rings is 2. The third kappa shape index (κ3) is 4.13. The van der Waals surface area contributed by atoms with Crippen LogP contribution < -0.4 is 10.9 Å². The summed E-state index contributed by atoms with van der Waals surface area (Å²) < 4.78 is 0. The van der Waals surface area contributed by atoms with Gasteiger partial charge in [0.15, 0.2) is 0 Å². The van der Waals surface area contributed by atoms with Gasteiger partial charge in [0.1, 0.15) is 0 Å². The Bertz CT molecular complexity index is 495. The molecule has 0 radical (unpaired) electrons. The lowest BCUT2D eigenvalue weighted by Gasteiger charge is -2.19. The van der Waals surface area contributed by atoms with E-state index < -0.39 is 0 Å². The second kappa shape index (κ2) is 7.39. The summed E-state index contributed by atoms with van der Waals surface area (Å²) in [5.41, 5.74) is 3.23. The van der Waals surface area contributed by atoms with E-state index in [4.69, 9.17) is 17.4 Å². The molecule has 0 saturated carbocycles. The Kier molecular flexibility index (Phi) is 6.16. The summed E-state index contributed by atoms with van der Waals surface area (Å²) in [5, 5.41) is 2.37. The number of anilines is 2. The molecule has 102 valence electrons. The Balaban J connectivity index is 0.00000180. The second-order valence-corrected chi connectivity index (χ2v) is 4.70. The Morgan fingerprint density at radius 3 is 1.89 bits per heavy atom. The smallest absolute Gasteiger partial charge is 0.0576 e. The van der Waals surface area contributed by atoms with Crippen LogP contribution >= 0.6 is 24.0 Å². The SMILES string of the molecule is CCCc1ccc(N(N)c2ccc(Cl)cc2)cc1.Cl. The molecular formula is C15H18Cl2N2. The fourth-order valence-electron chi connectivity index (χ4n) is 1.86. The number of hydrogen-bond acceptors (Lipinski definition) is 2. The minimum absolute atomic E-state index is 0. The van der Waals surface area contributed by atoms with Crippen molar-refractivity contribution in [2.75, 3.05) is 5.01 Å². The van der Waals surface area contributed by atoms with Crippen LogP contribution in [0.1, 0.15) is 18.9 Å². The first-order valence-corrected chi connectivity index (χ1v) is 6.48. The van der Waals surface area contributed by atoms with Crippen molar-refractivity contribution in [3.63, 3.8) is 0 Å². The number of rotatable bonds is 4. The van der Waals surface area contributed by atoms with Crippen LogP contribution in [0.25, 0.3) is 0 Å². The van der Waals surface area contributed by atoms with E-state index in [1.54, 1.807) is 5.01 Å². The average Bonchev–Trinajstić information content (AvgIpc) is 2.40. The van der Waals surface area contributed by atoms with Crippen LogP contribution in [0, 0.1) is 0 Å². The Labute approximate surface area is 125 Å². The molecule has 0 aliphatic carbocycles. The summed E-state index contributed by atoms with van der Waals surface area (Å²) in [6.07, 6.45) is 2.26. The van der Waals surface area contributed by atoms with Crippen LogP contribution in [0.3, 0.4) is 0 Å². The molecule has 2 nitrogen and oxygen atoms in total. The molecular weight excluding hydrogens is 279 g/mol. The van der Waals surface area contributed by atoms with Crippen molar-refractivity contribution >= 4 is 35.4 Å². The molecule has 0 aromatic heterocycles. The van der Waals surface area contributed by atoms with Gasteiger partial charge in [-0.25, -0.2) is 5.84 Å². The molecule has 19 heavy (non-hydrogen) atoms. The predicted molar refractivity (Wildman–Crippen MR) is 85.5 cm³/mol. The summed E-state index contributed by atoms with van der Waals surface area (Å²) in [6.45, 7) is 2.18. The van der Waals surface area contributed by atoms with E-state index in [1.165, 1.54) is 5.56 Å². The van der Waals surface area contributed by atoms with Crippen LogP contribution in [-0.2, 0) is 6.42 Å². The van der Waals surface area contributed by atoms with Crippen molar-refractivity contribution in [1.29, 1.82) is 0 Å². The minimum atomic E-state index is 0. The van der Waals surface area contributed by atoms with Gasteiger partial charge in [-0.05, 0) is 48.4 Å². The normalized spacial score (nSPS) is 9.84. The highest BCUT2D eigenvalue weighted by Gasteiger charge is 2.04. The third-order valence-corrected chi connectivity index (χ3v) is 3.11. The zero-order valence-electron chi connectivity index (χ0n) is 10.8. The van der Waals surface area contributed by atoms with Crippen LogP contribution in [0.2, 0.25) is 5.02 Å². The van der Waals surface area contributed by atoms with E-state index in [0.29, 0.717) is 5.02 Å². The molecule has 0 heterocycles. The summed E-state index contributed by atoms with van der Waals surface area (Å²) in [5.74, 6) is 6.08. The fraction of sp³-hybridized carbons (Fsp3) is 0.200. The van der Waals surface area contributed by atoms with Gasteiger partial charge in [-0.15, -0.1) is 12.4 Å². The van der Waals surface area contributed by atoms with E-state index >= 15 is 0 Å². The Morgan fingerprint density at radius 2 is 1.42 bits per heavy atom. The predicted octanol–water partition coefficient (Wildman–Crippen LogP) is 4.73. The minimum Gasteiger partial charge on any atom is -0.280 e. The van der Waals surface area contributed by atoms with Gasteiger partial charge in [-0.1, -0.05) is 37.1 Å². The molecule has 0 fully saturated rings. The maximum absolute atomic E-state index is 6.08. The quantitative estimate of drug-likeness (QED) is 0.653.